The van der Waals surface area contributed by atoms with Crippen molar-refractivity contribution in [3.05, 3.63) is 166 Å². The van der Waals surface area contributed by atoms with Crippen molar-refractivity contribution >= 4 is 34.7 Å². The quantitative estimate of drug-likeness (QED) is 0.0629. The van der Waals surface area contributed by atoms with Gasteiger partial charge in [0.25, 0.3) is 0 Å². The number of amides is 1. The van der Waals surface area contributed by atoms with E-state index in [1.165, 1.54) is 0 Å². The molecule has 5 aromatic rings. The van der Waals surface area contributed by atoms with Gasteiger partial charge in [0.1, 0.15) is 37.2 Å². The van der Waals surface area contributed by atoms with Gasteiger partial charge < -0.3 is 29.3 Å². The van der Waals surface area contributed by atoms with Crippen LogP contribution in [0, 0.1) is 19.8 Å². The zero-order valence-corrected chi connectivity index (χ0v) is 37.1. The molecule has 0 bridgehead atoms. The summed E-state index contributed by atoms with van der Waals surface area (Å²) in [5.74, 6) is -0.697. The monoisotopic (exact) mass is 855 g/mol. The van der Waals surface area contributed by atoms with E-state index in [9.17, 15) is 14.4 Å². The van der Waals surface area contributed by atoms with Crippen LogP contribution in [0.4, 0.5) is 10.5 Å². The lowest BCUT2D eigenvalue weighted by molar-refractivity contribution is -0.148. The van der Waals surface area contributed by atoms with Crippen LogP contribution in [0.25, 0.3) is 44.5 Å². The van der Waals surface area contributed by atoms with E-state index in [1.807, 2.05) is 107 Å². The van der Waals surface area contributed by atoms with Crippen molar-refractivity contribution in [2.24, 2.45) is 10.9 Å². The lowest BCUT2D eigenvalue weighted by atomic mass is 9.89. The molecule has 0 aromatic heterocycles. The van der Waals surface area contributed by atoms with E-state index >= 15 is 0 Å². The third kappa shape index (κ3) is 8.99. The van der Waals surface area contributed by atoms with Crippen LogP contribution >= 0.6 is 0 Å². The first-order valence-electron chi connectivity index (χ1n) is 21.9. The van der Waals surface area contributed by atoms with Crippen LogP contribution in [0.2, 0.25) is 0 Å². The van der Waals surface area contributed by atoms with Gasteiger partial charge in [0.15, 0.2) is 0 Å². The molecule has 10 heteroatoms. The number of benzene rings is 6. The average molecular weight is 856 g/mol. The molecule has 0 unspecified atom stereocenters. The van der Waals surface area contributed by atoms with E-state index in [0.29, 0.717) is 23.5 Å². The minimum atomic E-state index is -0.906. The fourth-order valence-electron chi connectivity index (χ4n) is 8.55. The number of carbonyl (C=O) groups excluding carboxylic acids is 3. The molecule has 0 saturated heterocycles. The van der Waals surface area contributed by atoms with Crippen molar-refractivity contribution in [1.29, 1.82) is 0 Å². The zero-order chi connectivity index (χ0) is 44.9. The molecule has 2 aliphatic carbocycles. The second-order valence-corrected chi connectivity index (χ2v) is 16.5. The summed E-state index contributed by atoms with van der Waals surface area (Å²) in [7, 11) is 0. The molecular weight excluding hydrogens is 803 g/mol. The highest BCUT2D eigenvalue weighted by Crippen LogP contribution is 2.45. The second-order valence-electron chi connectivity index (χ2n) is 16.5. The molecule has 3 aliphatic rings. The van der Waals surface area contributed by atoms with Crippen molar-refractivity contribution in [2.45, 2.75) is 66.7 Å². The summed E-state index contributed by atoms with van der Waals surface area (Å²) < 4.78 is 23.9. The molecule has 1 atom stereocenters. The fourth-order valence-corrected chi connectivity index (χ4v) is 8.55. The Labute approximate surface area is 373 Å². The predicted molar refractivity (Wildman–Crippen MR) is 250 cm³/mol. The highest BCUT2D eigenvalue weighted by Gasteiger charge is 2.31. The first kappa shape index (κ1) is 43.4. The third-order valence-corrected chi connectivity index (χ3v) is 11.8. The number of nitrogens with one attached hydrogen (secondary N) is 2. The topological polar surface area (TPSA) is 128 Å². The summed E-state index contributed by atoms with van der Waals surface area (Å²) >= 11 is 0. The summed E-state index contributed by atoms with van der Waals surface area (Å²) in [5.41, 5.74) is 12.7. The molecule has 0 radical (unpaired) electrons. The Kier molecular flexibility index (Phi) is 12.9. The molecule has 1 heterocycles. The van der Waals surface area contributed by atoms with Gasteiger partial charge in [0.05, 0.1) is 10.9 Å². The van der Waals surface area contributed by atoms with Crippen LogP contribution in [0.5, 0.6) is 0 Å². The predicted octanol–water partition coefficient (Wildman–Crippen LogP) is 11.1. The first-order chi connectivity index (χ1) is 31.0. The maximum atomic E-state index is 14.0. The molecule has 1 aliphatic heterocycles. The summed E-state index contributed by atoms with van der Waals surface area (Å²) in [4.78, 5) is 45.0. The van der Waals surface area contributed by atoms with E-state index in [0.717, 1.165) is 84.2 Å². The SMILES string of the molecule is CCN=c1cc2oc3cc(NCC)c(C)cc3c(-c3ccccc3C(=O)OCc3ccc(COC(=O)[C@@H](NC(=O)OCC4c5ccccc5-c5ccccc54)C(C)C)cc3)c-2cc1C. The average Bonchev–Trinajstić information content (AvgIpc) is 3.62. The Bertz CT molecular complexity index is 2850. The molecule has 0 fully saturated rings. The van der Waals surface area contributed by atoms with Crippen LogP contribution in [0.1, 0.15) is 77.4 Å². The number of hydrogen-bond acceptors (Lipinski definition) is 9. The number of rotatable bonds is 14. The number of carbonyl (C=O) groups is 3. The fraction of sp³-hybridized carbons (Fsp3) is 0.259. The number of hydrogen-bond donors (Lipinski definition) is 2. The van der Waals surface area contributed by atoms with Crippen LogP contribution < -0.4 is 16.0 Å². The molecule has 326 valence electrons. The van der Waals surface area contributed by atoms with Gasteiger partial charge in [0, 0.05) is 53.3 Å². The first-order valence-corrected chi connectivity index (χ1v) is 21.9. The normalized spacial score (nSPS) is 12.8. The van der Waals surface area contributed by atoms with Crippen LogP contribution in [0.15, 0.2) is 131 Å². The molecule has 64 heavy (non-hydrogen) atoms. The Morgan fingerprint density at radius 1 is 0.703 bits per heavy atom. The highest BCUT2D eigenvalue weighted by atomic mass is 16.6. The largest absolute Gasteiger partial charge is 0.459 e. The molecule has 8 rings (SSSR count). The number of alkyl carbamates (subject to hydrolysis) is 1. The van der Waals surface area contributed by atoms with Crippen molar-refractivity contribution in [3.8, 4) is 33.6 Å². The van der Waals surface area contributed by atoms with Gasteiger partial charge in [-0.25, -0.2) is 14.4 Å². The second kappa shape index (κ2) is 19.0. The molecule has 0 spiro atoms. The third-order valence-electron chi connectivity index (χ3n) is 11.8. The van der Waals surface area contributed by atoms with Crippen molar-refractivity contribution in [1.82, 2.24) is 5.32 Å². The number of nitrogens with zero attached hydrogens (tertiary/aromatic N) is 1. The van der Waals surface area contributed by atoms with Crippen molar-refractivity contribution in [2.75, 3.05) is 25.0 Å². The smallest absolute Gasteiger partial charge is 0.407 e. The molecular formula is C54H53N3O7. The Morgan fingerprint density at radius 3 is 1.97 bits per heavy atom. The maximum Gasteiger partial charge on any atom is 0.407 e. The summed E-state index contributed by atoms with van der Waals surface area (Å²) in [6, 6.07) is 38.4. The number of aryl methyl sites for hydroxylation is 2. The van der Waals surface area contributed by atoms with Crippen LogP contribution in [0.3, 0.4) is 0 Å². The van der Waals surface area contributed by atoms with Gasteiger partial charge in [-0.3, -0.25) is 4.99 Å². The van der Waals surface area contributed by atoms with Crippen LogP contribution in [-0.4, -0.2) is 43.8 Å². The number of fused-ring (bicyclic) bond motifs is 5. The highest BCUT2D eigenvalue weighted by molar-refractivity contribution is 6.08. The van der Waals surface area contributed by atoms with E-state index in [4.69, 9.17) is 18.6 Å². The van der Waals surface area contributed by atoms with Gasteiger partial charge in [0.2, 0.25) is 0 Å². The lowest BCUT2D eigenvalue weighted by Crippen LogP contribution is -2.45. The Balaban J connectivity index is 0.920. The van der Waals surface area contributed by atoms with E-state index in [1.54, 1.807) is 6.07 Å². The minimum absolute atomic E-state index is 0.00385. The number of ether oxygens (including phenoxy) is 3. The summed E-state index contributed by atoms with van der Waals surface area (Å²) in [6.45, 7) is 13.4. The number of esters is 2. The Hall–Kier alpha value is -7.20. The van der Waals surface area contributed by atoms with Gasteiger partial charge in [-0.2, -0.15) is 0 Å². The summed E-state index contributed by atoms with van der Waals surface area (Å²) in [5, 5.41) is 7.91. The molecule has 0 saturated carbocycles. The van der Waals surface area contributed by atoms with E-state index in [-0.39, 0.29) is 31.7 Å². The molecule has 10 nitrogen and oxygen atoms in total. The van der Waals surface area contributed by atoms with E-state index < -0.39 is 24.1 Å². The van der Waals surface area contributed by atoms with Gasteiger partial charge in [-0.05, 0) is 102 Å². The number of anilines is 1. The maximum absolute atomic E-state index is 14.0. The Morgan fingerprint density at radius 2 is 1.33 bits per heavy atom. The van der Waals surface area contributed by atoms with E-state index in [2.05, 4.69) is 65.9 Å². The molecule has 2 N–H and O–H groups in total. The van der Waals surface area contributed by atoms with Gasteiger partial charge in [-0.1, -0.05) is 105 Å². The zero-order valence-electron chi connectivity index (χ0n) is 37.1. The minimum Gasteiger partial charge on any atom is -0.459 e. The van der Waals surface area contributed by atoms with Gasteiger partial charge >= 0.3 is 18.0 Å². The van der Waals surface area contributed by atoms with Crippen molar-refractivity contribution in [3.63, 3.8) is 0 Å². The lowest BCUT2D eigenvalue weighted by Gasteiger charge is -2.21. The van der Waals surface area contributed by atoms with Crippen LogP contribution in [-0.2, 0) is 32.2 Å². The summed E-state index contributed by atoms with van der Waals surface area (Å²) in [6.07, 6.45) is -0.680. The molecule has 1 amide bonds. The molecule has 5 aromatic carbocycles. The standard InChI is InChI=1S/C54H53N3O7/c1-7-55-46-27-48-43(25-33(46)5)50(44-26-34(6)47(56-8-2)28-49(44)64-48)41-19-13-14-20-42(41)52(58)61-29-35-21-23-36(24-22-35)30-62-53(59)51(32(3)4)57-54(60)63-31-45-39-17-11-9-15-37(39)38-16-10-12-18-40(38)45/h9-28,32,45,51,55H,7-8,29-31H2,1-6H3,(H,57,60)/t51-/m0/s1. The van der Waals surface area contributed by atoms with Crippen molar-refractivity contribution < 1.29 is 33.0 Å². The van der Waals surface area contributed by atoms with Gasteiger partial charge in [-0.15, -0.1) is 0 Å².